The van der Waals surface area contributed by atoms with E-state index in [1.54, 1.807) is 19.2 Å². The largest absolute Gasteiger partial charge is 0.334 e. The van der Waals surface area contributed by atoms with Crippen molar-refractivity contribution in [1.29, 1.82) is 0 Å². The molecule has 9 heteroatoms. The van der Waals surface area contributed by atoms with Crippen LogP contribution < -0.4 is 5.43 Å². The van der Waals surface area contributed by atoms with E-state index in [1.165, 1.54) is 13.9 Å². The smallest absolute Gasteiger partial charge is 0.278 e. The molecule has 134 valence electrons. The fraction of sp³-hybridized carbons (Fsp3) is 0.438. The summed E-state index contributed by atoms with van der Waals surface area (Å²) >= 11 is 0. The van der Waals surface area contributed by atoms with Gasteiger partial charge in [-0.3, -0.25) is 14.3 Å². The molecule has 2 heterocycles. The Morgan fingerprint density at radius 3 is 2.40 bits per heavy atom. The van der Waals surface area contributed by atoms with Crippen LogP contribution >= 0.6 is 0 Å². The molecule has 0 atom stereocenters. The normalized spacial score (nSPS) is 16.4. The highest BCUT2D eigenvalue weighted by Crippen LogP contribution is 2.13. The lowest BCUT2D eigenvalue weighted by Crippen LogP contribution is -2.51. The van der Waals surface area contributed by atoms with Crippen LogP contribution in [0.3, 0.4) is 0 Å². The number of nitrogens with zero attached hydrogens (tertiary/aromatic N) is 4. The average molecular weight is 364 g/mol. The van der Waals surface area contributed by atoms with Gasteiger partial charge in [-0.25, -0.2) is 8.42 Å². The van der Waals surface area contributed by atoms with Crippen LogP contribution in [0.2, 0.25) is 0 Å². The second-order valence-corrected chi connectivity index (χ2v) is 8.26. The van der Waals surface area contributed by atoms with Crippen LogP contribution in [-0.2, 0) is 17.1 Å². The Hall–Kier alpha value is -2.26. The third-order valence-electron chi connectivity index (χ3n) is 4.41. The van der Waals surface area contributed by atoms with Gasteiger partial charge in [-0.05, 0) is 19.1 Å². The topological polar surface area (TPSA) is 92.6 Å². The van der Waals surface area contributed by atoms with Gasteiger partial charge >= 0.3 is 0 Å². The Kier molecular flexibility index (Phi) is 4.38. The summed E-state index contributed by atoms with van der Waals surface area (Å²) in [4.78, 5) is 26.9. The van der Waals surface area contributed by atoms with E-state index >= 15 is 0 Å². The van der Waals surface area contributed by atoms with Crippen LogP contribution in [0.25, 0.3) is 10.9 Å². The van der Waals surface area contributed by atoms with E-state index in [-0.39, 0.29) is 31.9 Å². The summed E-state index contributed by atoms with van der Waals surface area (Å²) in [6, 6.07) is 5.44. The van der Waals surface area contributed by atoms with Crippen molar-refractivity contribution >= 4 is 26.8 Å². The summed E-state index contributed by atoms with van der Waals surface area (Å²) in [6.07, 6.45) is 1.15. The number of aryl methyl sites for hydroxylation is 2. The number of piperazine rings is 1. The van der Waals surface area contributed by atoms with Crippen molar-refractivity contribution in [2.24, 2.45) is 7.05 Å². The minimum absolute atomic E-state index is 0.131. The predicted octanol–water partition coefficient (Wildman–Crippen LogP) is -0.0407. The molecule has 0 radical (unpaired) electrons. The lowest BCUT2D eigenvalue weighted by atomic mass is 10.1. The fourth-order valence-electron chi connectivity index (χ4n) is 3.00. The number of sulfonamides is 1. The van der Waals surface area contributed by atoms with Crippen LogP contribution in [0.4, 0.5) is 0 Å². The number of benzene rings is 1. The molecule has 0 saturated carbocycles. The quantitative estimate of drug-likeness (QED) is 0.745. The summed E-state index contributed by atoms with van der Waals surface area (Å²) in [7, 11) is -1.58. The Labute approximate surface area is 145 Å². The Balaban J connectivity index is 1.94. The molecular formula is C16H20N4O4S. The number of hydrogen-bond donors (Lipinski definition) is 0. The minimum atomic E-state index is -3.27. The Morgan fingerprint density at radius 2 is 1.80 bits per heavy atom. The summed E-state index contributed by atoms with van der Waals surface area (Å²) in [6.45, 7) is 2.80. The van der Waals surface area contributed by atoms with Crippen LogP contribution in [-0.4, -0.2) is 65.7 Å². The second kappa shape index (κ2) is 6.23. The van der Waals surface area contributed by atoms with Crippen LogP contribution in [0.1, 0.15) is 16.1 Å². The van der Waals surface area contributed by atoms with Gasteiger partial charge in [0, 0.05) is 33.2 Å². The zero-order chi connectivity index (χ0) is 18.4. The molecule has 0 aliphatic carbocycles. The van der Waals surface area contributed by atoms with Crippen molar-refractivity contribution in [3.05, 3.63) is 39.7 Å². The maximum absolute atomic E-state index is 12.7. The van der Waals surface area contributed by atoms with Crippen molar-refractivity contribution in [3.8, 4) is 0 Å². The van der Waals surface area contributed by atoms with Gasteiger partial charge < -0.3 is 4.90 Å². The number of carbonyl (C=O) groups is 1. The van der Waals surface area contributed by atoms with Crippen LogP contribution in [0.15, 0.2) is 23.0 Å². The van der Waals surface area contributed by atoms with Gasteiger partial charge in [0.05, 0.1) is 17.2 Å². The van der Waals surface area contributed by atoms with E-state index in [4.69, 9.17) is 0 Å². The first kappa shape index (κ1) is 17.6. The monoisotopic (exact) mass is 364 g/mol. The molecule has 25 heavy (non-hydrogen) atoms. The molecule has 8 nitrogen and oxygen atoms in total. The molecule has 0 N–H and O–H groups in total. The molecule has 0 spiro atoms. The van der Waals surface area contributed by atoms with Gasteiger partial charge in [0.25, 0.3) is 5.91 Å². The number of amides is 1. The first-order valence-electron chi connectivity index (χ1n) is 7.90. The number of rotatable bonds is 2. The summed E-state index contributed by atoms with van der Waals surface area (Å²) in [5, 5.41) is 4.61. The summed E-state index contributed by atoms with van der Waals surface area (Å²) in [5.74, 6) is -0.461. The van der Waals surface area contributed by atoms with E-state index < -0.39 is 21.4 Å². The first-order valence-corrected chi connectivity index (χ1v) is 9.75. The molecule has 1 saturated heterocycles. The maximum Gasteiger partial charge on any atom is 0.278 e. The van der Waals surface area contributed by atoms with Crippen molar-refractivity contribution in [2.75, 3.05) is 32.4 Å². The van der Waals surface area contributed by atoms with Gasteiger partial charge in [-0.15, -0.1) is 0 Å². The predicted molar refractivity (Wildman–Crippen MR) is 94.0 cm³/mol. The third-order valence-corrected chi connectivity index (χ3v) is 5.71. The van der Waals surface area contributed by atoms with Crippen molar-refractivity contribution in [1.82, 2.24) is 19.0 Å². The SMILES string of the molecule is Cc1ccc2c(c1)c(=O)c(C(=O)N1CCN(S(C)(=O)=O)CC1)nn2C. The summed E-state index contributed by atoms with van der Waals surface area (Å²) < 4.78 is 26.0. The zero-order valence-electron chi connectivity index (χ0n) is 14.4. The molecule has 1 aliphatic rings. The molecule has 3 rings (SSSR count). The second-order valence-electron chi connectivity index (χ2n) is 6.28. The van der Waals surface area contributed by atoms with Gasteiger partial charge in [0.1, 0.15) is 0 Å². The Bertz CT molecular complexity index is 1000. The molecule has 1 amide bonds. The number of hydrogen-bond acceptors (Lipinski definition) is 5. The first-order chi connectivity index (χ1) is 11.7. The van der Waals surface area contributed by atoms with Crippen LogP contribution in [0.5, 0.6) is 0 Å². The number of fused-ring (bicyclic) bond motifs is 1. The van der Waals surface area contributed by atoms with E-state index in [2.05, 4.69) is 5.10 Å². The lowest BCUT2D eigenvalue weighted by Gasteiger charge is -2.32. The summed E-state index contributed by atoms with van der Waals surface area (Å²) in [5.41, 5.74) is 1.06. The zero-order valence-corrected chi connectivity index (χ0v) is 15.2. The lowest BCUT2D eigenvalue weighted by molar-refractivity contribution is 0.0689. The van der Waals surface area contributed by atoms with Gasteiger partial charge in [0.15, 0.2) is 5.69 Å². The number of aromatic nitrogens is 2. The van der Waals surface area contributed by atoms with E-state index in [1.807, 2.05) is 13.0 Å². The fourth-order valence-corrected chi connectivity index (χ4v) is 3.83. The molecule has 0 unspecified atom stereocenters. The molecular weight excluding hydrogens is 344 g/mol. The number of carbonyl (C=O) groups excluding carboxylic acids is 1. The van der Waals surface area contributed by atoms with E-state index in [0.29, 0.717) is 10.9 Å². The van der Waals surface area contributed by atoms with Crippen molar-refractivity contribution < 1.29 is 13.2 Å². The minimum Gasteiger partial charge on any atom is -0.334 e. The highest BCUT2D eigenvalue weighted by Gasteiger charge is 2.29. The highest BCUT2D eigenvalue weighted by atomic mass is 32.2. The molecule has 1 fully saturated rings. The van der Waals surface area contributed by atoms with Crippen molar-refractivity contribution in [2.45, 2.75) is 6.92 Å². The Morgan fingerprint density at radius 1 is 1.16 bits per heavy atom. The standard InChI is InChI=1S/C16H20N4O4S/c1-11-4-5-13-12(10-11)15(21)14(17-18(13)2)16(22)19-6-8-20(9-7-19)25(3,23)24/h4-5,10H,6-9H2,1-3H3. The molecule has 0 bridgehead atoms. The third kappa shape index (κ3) is 3.29. The van der Waals surface area contributed by atoms with Crippen LogP contribution in [0, 0.1) is 6.92 Å². The van der Waals surface area contributed by atoms with Crippen molar-refractivity contribution in [3.63, 3.8) is 0 Å². The molecule has 1 aliphatic heterocycles. The maximum atomic E-state index is 12.7. The van der Waals surface area contributed by atoms with Gasteiger partial charge in [-0.1, -0.05) is 11.6 Å². The molecule has 1 aromatic carbocycles. The molecule has 2 aromatic rings. The van der Waals surface area contributed by atoms with Gasteiger partial charge in [0.2, 0.25) is 15.5 Å². The van der Waals surface area contributed by atoms with E-state index in [9.17, 15) is 18.0 Å². The van der Waals surface area contributed by atoms with E-state index in [0.717, 1.165) is 11.8 Å². The average Bonchev–Trinajstić information content (AvgIpc) is 2.56. The van der Waals surface area contributed by atoms with Gasteiger partial charge in [-0.2, -0.15) is 9.40 Å². The highest BCUT2D eigenvalue weighted by molar-refractivity contribution is 7.88. The molecule has 1 aromatic heterocycles.